The van der Waals surface area contributed by atoms with Gasteiger partial charge in [-0.3, -0.25) is 0 Å². The maximum Gasteiger partial charge on any atom is 0.238 e. The monoisotopic (exact) mass is 503 g/mol. The first kappa shape index (κ1) is 25.3. The lowest BCUT2D eigenvalue weighted by Gasteiger charge is -2.11. The molecule has 0 aliphatic carbocycles. The number of para-hydroxylation sites is 1. The highest BCUT2D eigenvalue weighted by Gasteiger charge is 2.14. The molecule has 33 heavy (non-hydrogen) atoms. The molecule has 8 heteroatoms. The molecule has 4 aromatic rings. The predicted octanol–water partition coefficient (Wildman–Crippen LogP) is 5.05. The van der Waals surface area contributed by atoms with Gasteiger partial charge in [0.05, 0.1) is 4.90 Å². The van der Waals surface area contributed by atoms with Gasteiger partial charge in [-0.15, -0.1) is 12.4 Å². The Kier molecular flexibility index (Phi) is 8.21. The Balaban J connectivity index is 0.00000306. The van der Waals surface area contributed by atoms with Crippen molar-refractivity contribution >= 4 is 44.9 Å². The summed E-state index contributed by atoms with van der Waals surface area (Å²) in [6.07, 6.45) is 0.794. The summed E-state index contributed by atoms with van der Waals surface area (Å²) in [5.41, 5.74) is 5.84. The summed E-state index contributed by atoms with van der Waals surface area (Å²) < 4.78 is 25.1. The van der Waals surface area contributed by atoms with Crippen molar-refractivity contribution in [1.29, 1.82) is 0 Å². The van der Waals surface area contributed by atoms with Crippen LogP contribution in [-0.2, 0) is 29.5 Å². The lowest BCUT2D eigenvalue weighted by Crippen LogP contribution is -2.17. The number of nitrogens with one attached hydrogen (secondary N) is 1. The molecule has 1 aromatic heterocycles. The SMILES string of the molecule is Cc1c(CNCCc2ccc(S(N)(=O)=O)cc2)c2ccccc2n1Cc1ccccc1Cl.Cl. The third-order valence-electron chi connectivity index (χ3n) is 5.79. The summed E-state index contributed by atoms with van der Waals surface area (Å²) in [5.74, 6) is 0. The Morgan fingerprint density at radius 1 is 0.970 bits per heavy atom. The molecule has 4 rings (SSSR count). The van der Waals surface area contributed by atoms with Gasteiger partial charge in [-0.25, -0.2) is 13.6 Å². The van der Waals surface area contributed by atoms with Crippen LogP contribution in [0.2, 0.25) is 5.02 Å². The molecule has 3 aromatic carbocycles. The summed E-state index contributed by atoms with van der Waals surface area (Å²) in [6.45, 7) is 4.40. The van der Waals surface area contributed by atoms with Gasteiger partial charge in [0.1, 0.15) is 0 Å². The Morgan fingerprint density at radius 2 is 1.64 bits per heavy atom. The minimum Gasteiger partial charge on any atom is -0.340 e. The van der Waals surface area contributed by atoms with Gasteiger partial charge in [0.15, 0.2) is 0 Å². The molecule has 0 bridgehead atoms. The second-order valence-corrected chi connectivity index (χ2v) is 9.84. The number of hydrogen-bond acceptors (Lipinski definition) is 3. The molecule has 0 fully saturated rings. The number of sulfonamides is 1. The van der Waals surface area contributed by atoms with E-state index in [1.165, 1.54) is 22.2 Å². The molecule has 0 saturated heterocycles. The second kappa shape index (κ2) is 10.7. The molecule has 3 N–H and O–H groups in total. The fraction of sp³-hybridized carbons (Fsp3) is 0.200. The Hall–Kier alpha value is -2.35. The molecule has 0 unspecified atom stereocenters. The average Bonchev–Trinajstić information content (AvgIpc) is 3.04. The molecule has 1 heterocycles. The largest absolute Gasteiger partial charge is 0.340 e. The normalized spacial score (nSPS) is 11.5. The van der Waals surface area contributed by atoms with Crippen molar-refractivity contribution in [2.24, 2.45) is 5.14 Å². The fourth-order valence-corrected chi connectivity index (χ4v) is 4.73. The highest BCUT2D eigenvalue weighted by Crippen LogP contribution is 2.28. The number of fused-ring (bicyclic) bond motifs is 1. The van der Waals surface area contributed by atoms with Gasteiger partial charge in [0.2, 0.25) is 10.0 Å². The van der Waals surface area contributed by atoms with E-state index in [9.17, 15) is 8.42 Å². The van der Waals surface area contributed by atoms with Crippen molar-refractivity contribution in [2.45, 2.75) is 31.3 Å². The smallest absolute Gasteiger partial charge is 0.238 e. The number of halogens is 2. The quantitative estimate of drug-likeness (QED) is 0.330. The van der Waals surface area contributed by atoms with Gasteiger partial charge in [0, 0.05) is 34.7 Å². The maximum absolute atomic E-state index is 11.4. The Bertz CT molecular complexity index is 1350. The lowest BCUT2D eigenvalue weighted by atomic mass is 10.1. The Morgan fingerprint density at radius 3 is 2.33 bits per heavy atom. The molecule has 174 valence electrons. The molecule has 0 aliphatic rings. The maximum atomic E-state index is 11.4. The minimum atomic E-state index is -3.66. The summed E-state index contributed by atoms with van der Waals surface area (Å²) in [6, 6.07) is 23.1. The van der Waals surface area contributed by atoms with Crippen LogP contribution in [0.3, 0.4) is 0 Å². The Labute approximate surface area is 206 Å². The third kappa shape index (κ3) is 5.78. The van der Waals surface area contributed by atoms with Gasteiger partial charge >= 0.3 is 0 Å². The molecular formula is C25H27Cl2N3O2S. The molecular weight excluding hydrogens is 477 g/mol. The topological polar surface area (TPSA) is 77.1 Å². The van der Waals surface area contributed by atoms with Gasteiger partial charge in [0.25, 0.3) is 0 Å². The standard InChI is InChI=1S/C25H26ClN3O2S.ClH/c1-18-23(16-28-15-14-19-10-12-21(13-11-19)32(27,30)31)22-7-3-5-9-25(22)29(18)17-20-6-2-4-8-24(20)26;/h2-13,28H,14-17H2,1H3,(H2,27,30,31);1H. The first-order valence-electron chi connectivity index (χ1n) is 10.5. The van der Waals surface area contributed by atoms with Crippen molar-refractivity contribution in [3.05, 3.63) is 100 Å². The predicted molar refractivity (Wildman–Crippen MR) is 138 cm³/mol. The van der Waals surface area contributed by atoms with Crippen LogP contribution < -0.4 is 10.5 Å². The number of rotatable bonds is 8. The zero-order chi connectivity index (χ0) is 22.7. The zero-order valence-corrected chi connectivity index (χ0v) is 20.7. The lowest BCUT2D eigenvalue weighted by molar-refractivity contribution is 0.597. The van der Waals surface area contributed by atoms with Crippen LogP contribution >= 0.6 is 24.0 Å². The van der Waals surface area contributed by atoms with Crippen LogP contribution in [0.4, 0.5) is 0 Å². The van der Waals surface area contributed by atoms with E-state index in [1.54, 1.807) is 12.1 Å². The summed E-state index contributed by atoms with van der Waals surface area (Å²) in [7, 11) is -3.66. The van der Waals surface area contributed by atoms with Crippen LogP contribution in [0.25, 0.3) is 10.9 Å². The van der Waals surface area contributed by atoms with Crippen molar-refractivity contribution in [3.8, 4) is 0 Å². The number of aromatic nitrogens is 1. The summed E-state index contributed by atoms with van der Waals surface area (Å²) in [5, 5.41) is 10.7. The van der Waals surface area contributed by atoms with Gasteiger partial charge < -0.3 is 9.88 Å². The van der Waals surface area contributed by atoms with Crippen molar-refractivity contribution in [3.63, 3.8) is 0 Å². The first-order chi connectivity index (χ1) is 15.3. The third-order valence-corrected chi connectivity index (χ3v) is 7.09. The van der Waals surface area contributed by atoms with E-state index >= 15 is 0 Å². The van der Waals surface area contributed by atoms with E-state index in [2.05, 4.69) is 47.1 Å². The van der Waals surface area contributed by atoms with Crippen molar-refractivity contribution in [1.82, 2.24) is 9.88 Å². The van der Waals surface area contributed by atoms with Gasteiger partial charge in [-0.1, -0.05) is 60.1 Å². The average molecular weight is 504 g/mol. The molecule has 5 nitrogen and oxygen atoms in total. The molecule has 0 radical (unpaired) electrons. The first-order valence-corrected chi connectivity index (χ1v) is 12.4. The van der Waals surface area contributed by atoms with Crippen LogP contribution in [-0.4, -0.2) is 19.5 Å². The fourth-order valence-electron chi connectivity index (χ4n) is 4.02. The van der Waals surface area contributed by atoms with E-state index < -0.39 is 10.0 Å². The van der Waals surface area contributed by atoms with Crippen LogP contribution in [0.1, 0.15) is 22.4 Å². The number of nitrogens with zero attached hydrogens (tertiary/aromatic N) is 1. The number of hydrogen-bond donors (Lipinski definition) is 2. The highest BCUT2D eigenvalue weighted by molar-refractivity contribution is 7.89. The summed E-state index contributed by atoms with van der Waals surface area (Å²) >= 11 is 6.41. The molecule has 0 saturated carbocycles. The molecule has 0 spiro atoms. The molecule has 0 amide bonds. The van der Waals surface area contributed by atoms with Gasteiger partial charge in [-0.2, -0.15) is 0 Å². The van der Waals surface area contributed by atoms with Gasteiger partial charge in [-0.05, 0) is 60.8 Å². The zero-order valence-electron chi connectivity index (χ0n) is 18.3. The van der Waals surface area contributed by atoms with Crippen LogP contribution in [0, 0.1) is 6.92 Å². The molecule has 0 aliphatic heterocycles. The minimum absolute atomic E-state index is 0. The van der Waals surface area contributed by atoms with E-state index in [0.29, 0.717) is 0 Å². The van der Waals surface area contributed by atoms with Crippen molar-refractivity contribution < 1.29 is 8.42 Å². The second-order valence-electron chi connectivity index (χ2n) is 7.87. The molecule has 0 atom stereocenters. The highest BCUT2D eigenvalue weighted by atomic mass is 35.5. The van der Waals surface area contributed by atoms with Crippen LogP contribution in [0.15, 0.2) is 77.7 Å². The van der Waals surface area contributed by atoms with E-state index in [4.69, 9.17) is 16.7 Å². The summed E-state index contributed by atoms with van der Waals surface area (Å²) in [4.78, 5) is 0.135. The van der Waals surface area contributed by atoms with Crippen LogP contribution in [0.5, 0.6) is 0 Å². The van der Waals surface area contributed by atoms with E-state index in [-0.39, 0.29) is 17.3 Å². The number of nitrogens with two attached hydrogens (primary N) is 1. The van der Waals surface area contributed by atoms with Crippen molar-refractivity contribution in [2.75, 3.05) is 6.54 Å². The number of benzene rings is 3. The van der Waals surface area contributed by atoms with E-state index in [0.717, 1.165) is 42.2 Å². The number of primary sulfonamides is 1. The van der Waals surface area contributed by atoms with E-state index in [1.807, 2.05) is 30.3 Å².